The van der Waals surface area contributed by atoms with E-state index in [-0.39, 0.29) is 24.3 Å². The van der Waals surface area contributed by atoms with Crippen molar-refractivity contribution in [2.45, 2.75) is 51.0 Å². The molecule has 184 valence electrons. The molecule has 2 aromatic rings. The van der Waals surface area contributed by atoms with E-state index in [9.17, 15) is 18.0 Å². The summed E-state index contributed by atoms with van der Waals surface area (Å²) in [5.41, 5.74) is 0.185. The molecule has 0 saturated carbocycles. The van der Waals surface area contributed by atoms with Gasteiger partial charge in [0.1, 0.15) is 11.7 Å². The van der Waals surface area contributed by atoms with E-state index in [2.05, 4.69) is 22.9 Å². The first kappa shape index (κ1) is 25.1. The summed E-state index contributed by atoms with van der Waals surface area (Å²) < 4.78 is 42.8. The fraction of sp³-hybridized carbons (Fsp3) is 0.458. The quantitative estimate of drug-likeness (QED) is 0.416. The smallest absolute Gasteiger partial charge is 0.334 e. The standard InChI is InChI=1S/C24H27Cl2F3N4O/c1-15-3-2-8-33(15,20-6-7-30-14-20)19-4-5-22(21(12-19)24(27,28)29)32-23(34)31-13-16-9-17(25)11-18(26)10-16/h4-5,9-12,15,20,30H,2-3,6-8,13-14H2,1H3,(H-,31,32,34)/p+1. The molecule has 2 aliphatic rings. The van der Waals surface area contributed by atoms with Gasteiger partial charge in [-0.25, -0.2) is 4.79 Å². The summed E-state index contributed by atoms with van der Waals surface area (Å²) >= 11 is 11.9. The number of halogens is 5. The zero-order valence-electron chi connectivity index (χ0n) is 18.8. The van der Waals surface area contributed by atoms with E-state index in [0.29, 0.717) is 25.8 Å². The SMILES string of the molecule is CC1CCC[N+]1(c1ccc(NC(=O)NCc2cc(Cl)cc(Cl)c2)c(C(F)(F)F)c1)C1CCNC1. The first-order valence-corrected chi connectivity index (χ1v) is 12.1. The van der Waals surface area contributed by atoms with Gasteiger partial charge in [-0.2, -0.15) is 13.2 Å². The van der Waals surface area contributed by atoms with Crippen LogP contribution in [0, 0.1) is 0 Å². The molecule has 2 saturated heterocycles. The summed E-state index contributed by atoms with van der Waals surface area (Å²) in [6.07, 6.45) is -1.72. The lowest BCUT2D eigenvalue weighted by molar-refractivity contribution is -0.137. The molecule has 3 atom stereocenters. The number of nitrogens with zero attached hydrogens (tertiary/aromatic N) is 1. The van der Waals surface area contributed by atoms with Gasteiger partial charge in [0.25, 0.3) is 0 Å². The van der Waals surface area contributed by atoms with Gasteiger partial charge in [-0.3, -0.25) is 4.48 Å². The van der Waals surface area contributed by atoms with E-state index in [1.807, 2.05) is 0 Å². The Morgan fingerprint density at radius 3 is 2.47 bits per heavy atom. The lowest BCUT2D eigenvalue weighted by Gasteiger charge is -2.43. The molecule has 2 amide bonds. The molecule has 0 bridgehead atoms. The lowest BCUT2D eigenvalue weighted by Crippen LogP contribution is -2.59. The molecule has 0 radical (unpaired) electrons. The zero-order valence-corrected chi connectivity index (χ0v) is 20.3. The fourth-order valence-electron chi connectivity index (χ4n) is 5.47. The number of benzene rings is 2. The molecule has 5 nitrogen and oxygen atoms in total. The Hall–Kier alpha value is -2.00. The molecule has 2 heterocycles. The fourth-order valence-corrected chi connectivity index (χ4v) is 6.04. The highest BCUT2D eigenvalue weighted by Gasteiger charge is 2.49. The number of urea groups is 1. The summed E-state index contributed by atoms with van der Waals surface area (Å²) in [6.45, 7) is 4.68. The summed E-state index contributed by atoms with van der Waals surface area (Å²) in [6, 6.07) is 8.89. The van der Waals surface area contributed by atoms with Crippen molar-refractivity contribution in [2.75, 3.05) is 25.0 Å². The second-order valence-corrected chi connectivity index (χ2v) is 9.98. The van der Waals surface area contributed by atoms with Crippen molar-refractivity contribution in [3.63, 3.8) is 0 Å². The van der Waals surface area contributed by atoms with Crippen molar-refractivity contribution in [1.29, 1.82) is 0 Å². The molecule has 0 aromatic heterocycles. The summed E-state index contributed by atoms with van der Waals surface area (Å²) in [5.74, 6) is 0. The molecule has 4 rings (SSSR count). The van der Waals surface area contributed by atoms with Crippen molar-refractivity contribution in [3.8, 4) is 0 Å². The van der Waals surface area contributed by atoms with Crippen LogP contribution in [0.25, 0.3) is 0 Å². The number of likely N-dealkylation sites (tertiary alicyclic amines) is 1. The molecular formula is C24H28Cl2F3N4O+. The number of amides is 2. The minimum Gasteiger partial charge on any atom is -0.334 e. The van der Waals surface area contributed by atoms with E-state index in [0.717, 1.165) is 38.9 Å². The number of carbonyl (C=O) groups is 1. The van der Waals surface area contributed by atoms with Crippen molar-refractivity contribution < 1.29 is 18.0 Å². The van der Waals surface area contributed by atoms with Gasteiger partial charge in [-0.15, -0.1) is 0 Å². The van der Waals surface area contributed by atoms with Gasteiger partial charge in [-0.05, 0) is 36.8 Å². The monoisotopic (exact) mass is 515 g/mol. The Morgan fingerprint density at radius 1 is 1.15 bits per heavy atom. The van der Waals surface area contributed by atoms with E-state index >= 15 is 0 Å². The molecule has 34 heavy (non-hydrogen) atoms. The van der Waals surface area contributed by atoms with Gasteiger partial charge in [0.2, 0.25) is 0 Å². The Labute approximate surface area is 207 Å². The Bertz CT molecular complexity index is 1040. The van der Waals surface area contributed by atoms with Crippen LogP contribution in [0.1, 0.15) is 37.3 Å². The van der Waals surface area contributed by atoms with E-state index in [1.165, 1.54) is 12.1 Å². The summed E-state index contributed by atoms with van der Waals surface area (Å²) in [4.78, 5) is 12.4. The number of hydrogen-bond donors (Lipinski definition) is 3. The third-order valence-corrected chi connectivity index (χ3v) is 7.47. The number of anilines is 1. The van der Waals surface area contributed by atoms with Gasteiger partial charge in [0.05, 0.1) is 23.8 Å². The maximum Gasteiger partial charge on any atom is 0.418 e. The van der Waals surface area contributed by atoms with Crippen molar-refractivity contribution in [2.24, 2.45) is 0 Å². The van der Waals surface area contributed by atoms with Crippen LogP contribution in [0.2, 0.25) is 10.0 Å². The number of hydrogen-bond acceptors (Lipinski definition) is 2. The third kappa shape index (κ3) is 5.15. The zero-order chi connectivity index (χ0) is 24.5. The van der Waals surface area contributed by atoms with Gasteiger partial charge >= 0.3 is 12.2 Å². The highest BCUT2D eigenvalue weighted by Crippen LogP contribution is 2.44. The molecule has 0 spiro atoms. The van der Waals surface area contributed by atoms with Crippen molar-refractivity contribution in [1.82, 2.24) is 15.1 Å². The summed E-state index contributed by atoms with van der Waals surface area (Å²) in [5, 5.41) is 9.11. The molecule has 0 aliphatic carbocycles. The second-order valence-electron chi connectivity index (χ2n) is 9.11. The highest BCUT2D eigenvalue weighted by molar-refractivity contribution is 6.34. The van der Waals surface area contributed by atoms with E-state index in [4.69, 9.17) is 23.2 Å². The van der Waals surface area contributed by atoms with Crippen LogP contribution in [0.5, 0.6) is 0 Å². The largest absolute Gasteiger partial charge is 0.418 e. The van der Waals surface area contributed by atoms with Gasteiger partial charge in [0.15, 0.2) is 0 Å². The number of alkyl halides is 3. The van der Waals surface area contributed by atoms with Crippen LogP contribution < -0.4 is 20.4 Å². The predicted octanol–water partition coefficient (Wildman–Crippen LogP) is 6.19. The average molecular weight is 516 g/mol. The molecule has 10 heteroatoms. The first-order valence-electron chi connectivity index (χ1n) is 11.4. The minimum atomic E-state index is -4.61. The number of rotatable bonds is 5. The Balaban J connectivity index is 1.58. The molecule has 3 unspecified atom stereocenters. The summed E-state index contributed by atoms with van der Waals surface area (Å²) in [7, 11) is 0. The Kier molecular flexibility index (Phi) is 7.33. The maximum absolute atomic E-state index is 14.1. The van der Waals surface area contributed by atoms with E-state index in [1.54, 1.807) is 24.3 Å². The van der Waals surface area contributed by atoms with Crippen molar-refractivity contribution >= 4 is 40.6 Å². The van der Waals surface area contributed by atoms with Gasteiger partial charge in [0, 0.05) is 61.1 Å². The Morgan fingerprint density at radius 2 is 1.88 bits per heavy atom. The number of carbonyl (C=O) groups excluding carboxylic acids is 1. The van der Waals surface area contributed by atoms with E-state index < -0.39 is 17.8 Å². The predicted molar refractivity (Wildman–Crippen MR) is 130 cm³/mol. The molecule has 2 aliphatic heterocycles. The topological polar surface area (TPSA) is 53.2 Å². The molecular weight excluding hydrogens is 488 g/mol. The van der Waals surface area contributed by atoms with Gasteiger partial charge < -0.3 is 16.0 Å². The van der Waals surface area contributed by atoms with Crippen LogP contribution >= 0.6 is 23.2 Å². The molecule has 2 fully saturated rings. The van der Waals surface area contributed by atoms with Crippen molar-refractivity contribution in [3.05, 3.63) is 57.6 Å². The van der Waals surface area contributed by atoms with Crippen LogP contribution in [-0.2, 0) is 12.7 Å². The number of nitrogens with one attached hydrogen (secondary N) is 3. The highest BCUT2D eigenvalue weighted by atomic mass is 35.5. The first-order chi connectivity index (χ1) is 16.1. The number of quaternary nitrogens is 1. The lowest BCUT2D eigenvalue weighted by atomic mass is 10.0. The minimum absolute atomic E-state index is 0.0672. The van der Waals surface area contributed by atoms with Crippen LogP contribution in [0.15, 0.2) is 36.4 Å². The van der Waals surface area contributed by atoms with Crippen LogP contribution in [0.3, 0.4) is 0 Å². The average Bonchev–Trinajstić information content (AvgIpc) is 3.42. The van der Waals surface area contributed by atoms with Crippen LogP contribution in [-0.4, -0.2) is 37.7 Å². The molecule has 2 aromatic carbocycles. The maximum atomic E-state index is 14.1. The normalized spacial score (nSPS) is 24.9. The third-order valence-electron chi connectivity index (χ3n) is 7.04. The van der Waals surface area contributed by atoms with Crippen LogP contribution in [0.4, 0.5) is 29.3 Å². The second kappa shape index (κ2) is 9.93. The van der Waals surface area contributed by atoms with Gasteiger partial charge in [-0.1, -0.05) is 23.2 Å². The molecule has 3 N–H and O–H groups in total.